The molecule has 0 radical (unpaired) electrons. The van der Waals surface area contributed by atoms with Gasteiger partial charge >= 0.3 is 0 Å². The highest BCUT2D eigenvalue weighted by molar-refractivity contribution is 5.78. The Balaban J connectivity index is 3.68. The zero-order chi connectivity index (χ0) is 11.7. The van der Waals surface area contributed by atoms with Gasteiger partial charge in [-0.2, -0.15) is 0 Å². The fraction of sp³-hybridized carbons (Fsp3) is 0.583. The summed E-state index contributed by atoms with van der Waals surface area (Å²) in [7, 11) is 0. The minimum Gasteiger partial charge on any atom is -0.352 e. The van der Waals surface area contributed by atoms with Crippen molar-refractivity contribution in [3.8, 4) is 0 Å². The molecule has 86 valence electrons. The second kappa shape index (κ2) is 8.24. The molecule has 0 aliphatic heterocycles. The van der Waals surface area contributed by atoms with E-state index in [0.717, 1.165) is 6.42 Å². The van der Waals surface area contributed by atoms with Crippen LogP contribution in [0.5, 0.6) is 0 Å². The van der Waals surface area contributed by atoms with E-state index in [9.17, 15) is 4.79 Å². The molecule has 0 aliphatic rings. The van der Waals surface area contributed by atoms with Gasteiger partial charge in [-0.05, 0) is 19.3 Å². The van der Waals surface area contributed by atoms with Crippen molar-refractivity contribution >= 4 is 5.91 Å². The van der Waals surface area contributed by atoms with E-state index in [-0.39, 0.29) is 5.91 Å². The van der Waals surface area contributed by atoms with E-state index in [2.05, 4.69) is 37.6 Å². The molecule has 0 saturated heterocycles. The Morgan fingerprint density at radius 1 is 1.33 bits per heavy atom. The standard InChI is InChI=1S/C12H22N2O/c1-5-7-10(3)11(4)14-9-12(15)13-8-6-2/h5-6,10-11,14H,1-2,7-9H2,3-4H3,(H,13,15). The molecule has 15 heavy (non-hydrogen) atoms. The normalized spacial score (nSPS) is 14.0. The summed E-state index contributed by atoms with van der Waals surface area (Å²) in [5.74, 6) is 0.502. The fourth-order valence-corrected chi connectivity index (χ4v) is 1.17. The predicted octanol–water partition coefficient (Wildman–Crippen LogP) is 1.48. The largest absolute Gasteiger partial charge is 0.352 e. The summed E-state index contributed by atoms with van der Waals surface area (Å²) in [6.07, 6.45) is 4.53. The van der Waals surface area contributed by atoms with Crippen LogP contribution in [0.25, 0.3) is 0 Å². The minimum absolute atomic E-state index is 0.00699. The molecule has 0 heterocycles. The van der Waals surface area contributed by atoms with Crippen LogP contribution in [0.2, 0.25) is 0 Å². The second-order valence-corrected chi connectivity index (χ2v) is 3.76. The summed E-state index contributed by atoms with van der Waals surface area (Å²) in [4.78, 5) is 11.2. The number of amides is 1. The highest BCUT2D eigenvalue weighted by Crippen LogP contribution is 2.07. The van der Waals surface area contributed by atoms with E-state index in [1.54, 1.807) is 6.08 Å². The highest BCUT2D eigenvalue weighted by atomic mass is 16.1. The lowest BCUT2D eigenvalue weighted by molar-refractivity contribution is -0.120. The van der Waals surface area contributed by atoms with Crippen molar-refractivity contribution in [2.75, 3.05) is 13.1 Å². The van der Waals surface area contributed by atoms with Gasteiger partial charge in [0.1, 0.15) is 0 Å². The first-order valence-electron chi connectivity index (χ1n) is 5.33. The Morgan fingerprint density at radius 2 is 2.00 bits per heavy atom. The van der Waals surface area contributed by atoms with Crippen LogP contribution < -0.4 is 10.6 Å². The number of carbonyl (C=O) groups is 1. The topological polar surface area (TPSA) is 41.1 Å². The SMILES string of the molecule is C=CCNC(=O)CNC(C)C(C)CC=C. The van der Waals surface area contributed by atoms with Crippen molar-refractivity contribution in [1.29, 1.82) is 0 Å². The molecule has 0 aromatic heterocycles. The van der Waals surface area contributed by atoms with Crippen LogP contribution in [0.15, 0.2) is 25.3 Å². The molecule has 2 unspecified atom stereocenters. The molecule has 0 fully saturated rings. The second-order valence-electron chi connectivity index (χ2n) is 3.76. The Hall–Kier alpha value is -1.09. The molecule has 2 N–H and O–H groups in total. The lowest BCUT2D eigenvalue weighted by atomic mass is 10.00. The Labute approximate surface area is 92.6 Å². The molecule has 3 heteroatoms. The van der Waals surface area contributed by atoms with Crippen molar-refractivity contribution < 1.29 is 4.79 Å². The molecule has 0 rings (SSSR count). The maximum absolute atomic E-state index is 11.2. The third kappa shape index (κ3) is 6.91. The maximum atomic E-state index is 11.2. The van der Waals surface area contributed by atoms with Crippen molar-refractivity contribution in [2.45, 2.75) is 26.3 Å². The van der Waals surface area contributed by atoms with Crippen LogP contribution in [-0.4, -0.2) is 25.0 Å². The van der Waals surface area contributed by atoms with Gasteiger partial charge in [0.25, 0.3) is 0 Å². The van der Waals surface area contributed by atoms with Crippen LogP contribution >= 0.6 is 0 Å². The summed E-state index contributed by atoms with van der Waals surface area (Å²) < 4.78 is 0. The van der Waals surface area contributed by atoms with Crippen LogP contribution in [-0.2, 0) is 4.79 Å². The first-order chi connectivity index (χ1) is 7.11. The summed E-state index contributed by atoms with van der Waals surface area (Å²) in [6.45, 7) is 12.3. The molecule has 0 saturated carbocycles. The molecule has 0 aliphatic carbocycles. The number of hydrogen-bond acceptors (Lipinski definition) is 2. The van der Waals surface area contributed by atoms with Crippen molar-refractivity contribution in [3.05, 3.63) is 25.3 Å². The van der Waals surface area contributed by atoms with Crippen molar-refractivity contribution in [1.82, 2.24) is 10.6 Å². The number of hydrogen-bond donors (Lipinski definition) is 2. The highest BCUT2D eigenvalue weighted by Gasteiger charge is 2.10. The van der Waals surface area contributed by atoms with Gasteiger partial charge in [-0.3, -0.25) is 4.79 Å². The van der Waals surface area contributed by atoms with E-state index in [0.29, 0.717) is 25.0 Å². The third-order valence-corrected chi connectivity index (χ3v) is 2.42. The molecule has 0 aromatic rings. The minimum atomic E-state index is 0.00699. The van der Waals surface area contributed by atoms with E-state index >= 15 is 0 Å². The Bertz CT molecular complexity index is 214. The van der Waals surface area contributed by atoms with Crippen LogP contribution in [0.4, 0.5) is 0 Å². The summed E-state index contributed by atoms with van der Waals surface area (Å²) in [5.41, 5.74) is 0. The molecule has 3 nitrogen and oxygen atoms in total. The predicted molar refractivity (Wildman–Crippen MR) is 64.6 cm³/mol. The van der Waals surface area contributed by atoms with Gasteiger partial charge in [-0.1, -0.05) is 19.1 Å². The van der Waals surface area contributed by atoms with Gasteiger partial charge in [0, 0.05) is 12.6 Å². The molecule has 0 bridgehead atoms. The fourth-order valence-electron chi connectivity index (χ4n) is 1.17. The molecule has 2 atom stereocenters. The molecular formula is C12H22N2O. The van der Waals surface area contributed by atoms with Gasteiger partial charge in [-0.15, -0.1) is 13.2 Å². The number of nitrogens with one attached hydrogen (secondary N) is 2. The van der Waals surface area contributed by atoms with Gasteiger partial charge in [-0.25, -0.2) is 0 Å². The number of rotatable bonds is 8. The average Bonchev–Trinajstić information content (AvgIpc) is 2.23. The van der Waals surface area contributed by atoms with E-state index < -0.39 is 0 Å². The third-order valence-electron chi connectivity index (χ3n) is 2.42. The van der Waals surface area contributed by atoms with Crippen LogP contribution in [0, 0.1) is 5.92 Å². The zero-order valence-corrected chi connectivity index (χ0v) is 9.75. The van der Waals surface area contributed by atoms with Crippen LogP contribution in [0.3, 0.4) is 0 Å². The van der Waals surface area contributed by atoms with Crippen molar-refractivity contribution in [2.24, 2.45) is 5.92 Å². The quantitative estimate of drug-likeness (QED) is 0.596. The maximum Gasteiger partial charge on any atom is 0.234 e. The van der Waals surface area contributed by atoms with Gasteiger partial charge in [0.2, 0.25) is 5.91 Å². The van der Waals surface area contributed by atoms with Gasteiger partial charge in [0.15, 0.2) is 0 Å². The van der Waals surface area contributed by atoms with E-state index in [1.807, 2.05) is 6.08 Å². The average molecular weight is 210 g/mol. The van der Waals surface area contributed by atoms with Crippen molar-refractivity contribution in [3.63, 3.8) is 0 Å². The zero-order valence-electron chi connectivity index (χ0n) is 9.75. The lowest BCUT2D eigenvalue weighted by Gasteiger charge is -2.19. The summed E-state index contributed by atoms with van der Waals surface area (Å²) in [5, 5.41) is 5.90. The molecule has 0 aromatic carbocycles. The summed E-state index contributed by atoms with van der Waals surface area (Å²) in [6, 6.07) is 0.317. The van der Waals surface area contributed by atoms with E-state index in [4.69, 9.17) is 0 Å². The smallest absolute Gasteiger partial charge is 0.234 e. The molecule has 1 amide bonds. The first-order valence-corrected chi connectivity index (χ1v) is 5.33. The first kappa shape index (κ1) is 13.9. The monoisotopic (exact) mass is 210 g/mol. The number of allylic oxidation sites excluding steroid dienone is 1. The molecular weight excluding hydrogens is 188 g/mol. The van der Waals surface area contributed by atoms with Gasteiger partial charge in [0.05, 0.1) is 6.54 Å². The Kier molecular flexibility index (Phi) is 7.64. The van der Waals surface area contributed by atoms with Crippen LogP contribution in [0.1, 0.15) is 20.3 Å². The van der Waals surface area contributed by atoms with E-state index in [1.165, 1.54) is 0 Å². The molecule has 0 spiro atoms. The number of carbonyl (C=O) groups excluding carboxylic acids is 1. The lowest BCUT2D eigenvalue weighted by Crippen LogP contribution is -2.40. The van der Waals surface area contributed by atoms with Gasteiger partial charge < -0.3 is 10.6 Å². The summed E-state index contributed by atoms with van der Waals surface area (Å²) >= 11 is 0. The Morgan fingerprint density at radius 3 is 2.53 bits per heavy atom.